The van der Waals surface area contributed by atoms with E-state index < -0.39 is 0 Å². The molecule has 21 heavy (non-hydrogen) atoms. The van der Waals surface area contributed by atoms with Crippen LogP contribution in [0.2, 0.25) is 0 Å². The number of carbonyl (C=O) groups excluding carboxylic acids is 1. The lowest BCUT2D eigenvalue weighted by molar-refractivity contribution is 0.102. The van der Waals surface area contributed by atoms with Gasteiger partial charge in [0.25, 0.3) is 5.91 Å². The molecule has 2 aromatic rings. The first kappa shape index (κ1) is 14.8. The lowest BCUT2D eigenvalue weighted by Gasteiger charge is -2.08. The third-order valence-corrected chi connectivity index (χ3v) is 3.03. The minimum absolute atomic E-state index is 0.204. The molecule has 1 amide bonds. The maximum absolute atomic E-state index is 12.4. The molecule has 0 unspecified atom stereocenters. The van der Waals surface area contributed by atoms with E-state index in [1.165, 1.54) is 0 Å². The fourth-order valence-electron chi connectivity index (χ4n) is 1.93. The van der Waals surface area contributed by atoms with Crippen LogP contribution >= 0.6 is 0 Å². The minimum atomic E-state index is -0.229. The lowest BCUT2D eigenvalue weighted by Crippen LogP contribution is -2.13. The number of aryl methyl sites for hydroxylation is 2. The molecule has 0 atom stereocenters. The molecule has 0 bridgehead atoms. The van der Waals surface area contributed by atoms with E-state index in [0.29, 0.717) is 11.1 Å². The number of carbonyl (C=O) groups is 1. The van der Waals surface area contributed by atoms with Crippen molar-refractivity contribution in [2.45, 2.75) is 13.8 Å². The molecular formula is C18H17NO2. The summed E-state index contributed by atoms with van der Waals surface area (Å²) in [5.74, 6) is 5.18. The molecular weight excluding hydrogens is 262 g/mol. The molecule has 0 spiro atoms. The SMILES string of the molecule is Cc1ccc(NC(=O)c2cc(C)ccc2C#CCO)cc1. The van der Waals surface area contributed by atoms with Gasteiger partial charge in [-0.05, 0) is 38.1 Å². The highest BCUT2D eigenvalue weighted by Gasteiger charge is 2.11. The van der Waals surface area contributed by atoms with Gasteiger partial charge in [-0.2, -0.15) is 0 Å². The molecule has 0 aliphatic carbocycles. The number of amides is 1. The molecule has 0 aromatic heterocycles. The Kier molecular flexibility index (Phi) is 4.76. The summed E-state index contributed by atoms with van der Waals surface area (Å²) in [6.45, 7) is 3.69. The van der Waals surface area contributed by atoms with Crippen molar-refractivity contribution in [2.24, 2.45) is 0 Å². The number of hydrogen-bond acceptors (Lipinski definition) is 2. The number of nitrogens with one attached hydrogen (secondary N) is 1. The molecule has 106 valence electrons. The Morgan fingerprint density at radius 3 is 2.43 bits per heavy atom. The van der Waals surface area contributed by atoms with Gasteiger partial charge in [-0.25, -0.2) is 0 Å². The Morgan fingerprint density at radius 1 is 1.10 bits per heavy atom. The molecule has 0 saturated heterocycles. The zero-order chi connectivity index (χ0) is 15.2. The first-order valence-corrected chi connectivity index (χ1v) is 6.68. The van der Waals surface area contributed by atoms with Crippen molar-refractivity contribution in [3.05, 3.63) is 64.7 Å². The zero-order valence-corrected chi connectivity index (χ0v) is 12.1. The van der Waals surface area contributed by atoms with Gasteiger partial charge in [0, 0.05) is 11.3 Å². The van der Waals surface area contributed by atoms with Crippen molar-refractivity contribution in [3.63, 3.8) is 0 Å². The predicted molar refractivity (Wildman–Crippen MR) is 84.3 cm³/mol. The third kappa shape index (κ3) is 3.95. The van der Waals surface area contributed by atoms with Gasteiger partial charge in [0.05, 0.1) is 5.56 Å². The van der Waals surface area contributed by atoms with E-state index in [1.807, 2.05) is 44.2 Å². The second kappa shape index (κ2) is 6.74. The maximum Gasteiger partial charge on any atom is 0.256 e. The van der Waals surface area contributed by atoms with Gasteiger partial charge in [0.15, 0.2) is 0 Å². The van der Waals surface area contributed by atoms with E-state index in [1.54, 1.807) is 12.1 Å². The third-order valence-electron chi connectivity index (χ3n) is 3.03. The van der Waals surface area contributed by atoms with Crippen LogP contribution in [0.5, 0.6) is 0 Å². The van der Waals surface area contributed by atoms with Gasteiger partial charge >= 0.3 is 0 Å². The molecule has 0 aliphatic rings. The number of anilines is 1. The Balaban J connectivity index is 2.29. The van der Waals surface area contributed by atoms with Crippen LogP contribution in [0, 0.1) is 25.7 Å². The highest BCUT2D eigenvalue weighted by Crippen LogP contribution is 2.15. The molecule has 2 aromatic carbocycles. The molecule has 0 saturated carbocycles. The van der Waals surface area contributed by atoms with Crippen LogP contribution < -0.4 is 5.32 Å². The van der Waals surface area contributed by atoms with Crippen molar-refractivity contribution in [1.82, 2.24) is 0 Å². The average molecular weight is 279 g/mol. The van der Waals surface area contributed by atoms with Crippen LogP contribution in [-0.4, -0.2) is 17.6 Å². The second-order valence-electron chi connectivity index (χ2n) is 4.83. The van der Waals surface area contributed by atoms with Crippen LogP contribution in [-0.2, 0) is 0 Å². The van der Waals surface area contributed by atoms with Crippen molar-refractivity contribution in [1.29, 1.82) is 0 Å². The summed E-state index contributed by atoms with van der Waals surface area (Å²) in [4.78, 5) is 12.4. The average Bonchev–Trinajstić information content (AvgIpc) is 2.48. The van der Waals surface area contributed by atoms with Crippen molar-refractivity contribution >= 4 is 11.6 Å². The quantitative estimate of drug-likeness (QED) is 0.830. The molecule has 2 rings (SSSR count). The van der Waals surface area contributed by atoms with E-state index in [0.717, 1.165) is 16.8 Å². The summed E-state index contributed by atoms with van der Waals surface area (Å²) >= 11 is 0. The molecule has 3 nitrogen and oxygen atoms in total. The van der Waals surface area contributed by atoms with Crippen LogP contribution in [0.25, 0.3) is 0 Å². The number of aliphatic hydroxyl groups is 1. The minimum Gasteiger partial charge on any atom is -0.384 e. The summed E-state index contributed by atoms with van der Waals surface area (Å²) in [7, 11) is 0. The van der Waals surface area contributed by atoms with Gasteiger partial charge in [-0.1, -0.05) is 41.2 Å². The zero-order valence-electron chi connectivity index (χ0n) is 12.1. The number of rotatable bonds is 2. The molecule has 0 fully saturated rings. The first-order chi connectivity index (χ1) is 10.1. The Bertz CT molecular complexity index is 706. The summed E-state index contributed by atoms with van der Waals surface area (Å²) < 4.78 is 0. The van der Waals surface area contributed by atoms with Crippen molar-refractivity contribution in [3.8, 4) is 11.8 Å². The fraction of sp³-hybridized carbons (Fsp3) is 0.167. The van der Waals surface area contributed by atoms with Crippen molar-refractivity contribution in [2.75, 3.05) is 11.9 Å². The Labute approximate surface area is 124 Å². The van der Waals surface area contributed by atoms with E-state index >= 15 is 0 Å². The molecule has 0 aliphatic heterocycles. The summed E-state index contributed by atoms with van der Waals surface area (Å²) in [6.07, 6.45) is 0. The summed E-state index contributed by atoms with van der Waals surface area (Å²) in [6, 6.07) is 13.1. The standard InChI is InChI=1S/C18H17NO2/c1-13-6-9-16(10-7-13)19-18(21)17-12-14(2)5-8-15(17)4-3-11-20/h5-10,12,20H,11H2,1-2H3,(H,19,21). The van der Waals surface area contributed by atoms with Crippen LogP contribution in [0.3, 0.4) is 0 Å². The van der Waals surface area contributed by atoms with Gasteiger partial charge in [0.1, 0.15) is 6.61 Å². The molecule has 0 radical (unpaired) electrons. The Hall–Kier alpha value is -2.57. The van der Waals surface area contributed by atoms with Crippen molar-refractivity contribution < 1.29 is 9.90 Å². The van der Waals surface area contributed by atoms with Gasteiger partial charge in [0.2, 0.25) is 0 Å². The highest BCUT2D eigenvalue weighted by molar-refractivity contribution is 6.06. The normalized spacial score (nSPS) is 9.67. The largest absolute Gasteiger partial charge is 0.384 e. The van der Waals surface area contributed by atoms with E-state index in [-0.39, 0.29) is 12.5 Å². The Morgan fingerprint density at radius 2 is 1.76 bits per heavy atom. The fourth-order valence-corrected chi connectivity index (χ4v) is 1.93. The van der Waals surface area contributed by atoms with Crippen LogP contribution in [0.15, 0.2) is 42.5 Å². The maximum atomic E-state index is 12.4. The predicted octanol–water partition coefficient (Wildman–Crippen LogP) is 2.90. The first-order valence-electron chi connectivity index (χ1n) is 6.68. The van der Waals surface area contributed by atoms with Gasteiger partial charge in [-0.3, -0.25) is 4.79 Å². The monoisotopic (exact) mass is 279 g/mol. The molecule has 0 heterocycles. The smallest absolute Gasteiger partial charge is 0.256 e. The highest BCUT2D eigenvalue weighted by atomic mass is 16.2. The topological polar surface area (TPSA) is 49.3 Å². The summed E-state index contributed by atoms with van der Waals surface area (Å²) in [5.41, 5.74) is 3.99. The van der Waals surface area contributed by atoms with E-state index in [9.17, 15) is 4.79 Å². The van der Waals surface area contributed by atoms with Gasteiger partial charge < -0.3 is 10.4 Å². The number of benzene rings is 2. The van der Waals surface area contributed by atoms with E-state index in [2.05, 4.69) is 17.2 Å². The van der Waals surface area contributed by atoms with Gasteiger partial charge in [-0.15, -0.1) is 0 Å². The van der Waals surface area contributed by atoms with Crippen LogP contribution in [0.1, 0.15) is 27.0 Å². The van der Waals surface area contributed by atoms with E-state index in [4.69, 9.17) is 5.11 Å². The molecule has 2 N–H and O–H groups in total. The second-order valence-corrected chi connectivity index (χ2v) is 4.83. The summed E-state index contributed by atoms with van der Waals surface area (Å²) in [5, 5.41) is 11.7. The number of aliphatic hydroxyl groups excluding tert-OH is 1. The van der Waals surface area contributed by atoms with Crippen LogP contribution in [0.4, 0.5) is 5.69 Å². The molecule has 3 heteroatoms. The number of hydrogen-bond donors (Lipinski definition) is 2. The lowest BCUT2D eigenvalue weighted by atomic mass is 10.0.